The summed E-state index contributed by atoms with van der Waals surface area (Å²) in [6.45, 7) is 4.88. The van der Waals surface area contributed by atoms with Crippen molar-refractivity contribution in [1.29, 1.82) is 0 Å². The maximum absolute atomic E-state index is 11.7. The van der Waals surface area contributed by atoms with Crippen LogP contribution < -0.4 is 10.5 Å². The molecule has 114 valence electrons. The molecule has 0 radical (unpaired) electrons. The summed E-state index contributed by atoms with van der Waals surface area (Å²) in [7, 11) is -3.88. The molecule has 1 aromatic rings. The summed E-state index contributed by atoms with van der Waals surface area (Å²) in [4.78, 5) is 11.6. The van der Waals surface area contributed by atoms with Crippen LogP contribution in [0.5, 0.6) is 0 Å². The van der Waals surface area contributed by atoms with Crippen LogP contribution in [0.15, 0.2) is 15.4 Å². The molecule has 1 rings (SSSR count). The van der Waals surface area contributed by atoms with Gasteiger partial charge in [0.25, 0.3) is 5.91 Å². The summed E-state index contributed by atoms with van der Waals surface area (Å²) in [6, 6.07) is 1.12. The van der Waals surface area contributed by atoms with Crippen LogP contribution in [0.1, 0.15) is 36.1 Å². The number of sulfonamides is 1. The molecule has 0 atom stereocenters. The van der Waals surface area contributed by atoms with Crippen molar-refractivity contribution < 1.29 is 22.4 Å². The van der Waals surface area contributed by atoms with Crippen LogP contribution in [0.4, 0.5) is 0 Å². The maximum atomic E-state index is 11.7. The van der Waals surface area contributed by atoms with Crippen LogP contribution >= 0.6 is 0 Å². The average molecular weight is 304 g/mol. The lowest BCUT2D eigenvalue weighted by Crippen LogP contribution is -2.27. The smallest absolute Gasteiger partial charge is 0.287 e. The van der Waals surface area contributed by atoms with Gasteiger partial charge in [-0.1, -0.05) is 13.3 Å². The highest BCUT2D eigenvalue weighted by Gasteiger charge is 2.20. The lowest BCUT2D eigenvalue weighted by molar-refractivity contribution is 0.0885. The molecule has 0 spiro atoms. The number of ether oxygens (including phenoxy) is 1. The zero-order valence-electron chi connectivity index (χ0n) is 11.6. The lowest BCUT2D eigenvalue weighted by atomic mass is 10.4. The molecule has 0 bridgehead atoms. The number of primary sulfonamides is 1. The molecule has 7 nitrogen and oxygen atoms in total. The highest BCUT2D eigenvalue weighted by Crippen LogP contribution is 2.18. The molecule has 0 unspecified atom stereocenters. The summed E-state index contributed by atoms with van der Waals surface area (Å²) < 4.78 is 32.8. The number of furan rings is 1. The number of nitrogens with two attached hydrogens (primary N) is 1. The van der Waals surface area contributed by atoms with Gasteiger partial charge in [0, 0.05) is 19.2 Å². The molecule has 0 aliphatic rings. The molecule has 20 heavy (non-hydrogen) atoms. The van der Waals surface area contributed by atoms with Gasteiger partial charge in [-0.3, -0.25) is 4.79 Å². The van der Waals surface area contributed by atoms with E-state index in [1.54, 1.807) is 0 Å². The Morgan fingerprint density at radius 3 is 2.70 bits per heavy atom. The van der Waals surface area contributed by atoms with Gasteiger partial charge in [0.15, 0.2) is 5.76 Å². The van der Waals surface area contributed by atoms with E-state index in [0.29, 0.717) is 19.8 Å². The zero-order valence-corrected chi connectivity index (χ0v) is 12.5. The van der Waals surface area contributed by atoms with Crippen molar-refractivity contribution in [2.45, 2.75) is 31.6 Å². The first kappa shape index (κ1) is 16.7. The van der Waals surface area contributed by atoms with Gasteiger partial charge in [-0.25, -0.2) is 13.6 Å². The number of amides is 1. The molecule has 0 aliphatic carbocycles. The lowest BCUT2D eigenvalue weighted by Gasteiger charge is -2.04. The minimum absolute atomic E-state index is 0.0833. The molecule has 0 aromatic carbocycles. The largest absolute Gasteiger partial charge is 0.455 e. The third kappa shape index (κ3) is 4.95. The molecule has 1 amide bonds. The van der Waals surface area contributed by atoms with E-state index in [9.17, 15) is 13.2 Å². The minimum Gasteiger partial charge on any atom is -0.455 e. The van der Waals surface area contributed by atoms with Crippen LogP contribution in [0.2, 0.25) is 0 Å². The molecule has 8 heteroatoms. The number of hydrogen-bond acceptors (Lipinski definition) is 5. The molecule has 0 fully saturated rings. The fourth-order valence-corrected chi connectivity index (χ4v) is 2.25. The second-order valence-corrected chi connectivity index (χ2v) is 5.83. The third-order valence-corrected chi connectivity index (χ3v) is 3.60. The van der Waals surface area contributed by atoms with E-state index in [2.05, 4.69) is 12.2 Å². The monoisotopic (exact) mass is 304 g/mol. The first-order valence-corrected chi connectivity index (χ1v) is 7.90. The Bertz CT molecular complexity index is 550. The van der Waals surface area contributed by atoms with Crippen LogP contribution in [0.3, 0.4) is 0 Å². The van der Waals surface area contributed by atoms with Crippen molar-refractivity contribution >= 4 is 15.9 Å². The first-order valence-electron chi connectivity index (χ1n) is 6.35. The Morgan fingerprint density at radius 1 is 1.45 bits per heavy atom. The van der Waals surface area contributed by atoms with Crippen molar-refractivity contribution in [2.75, 3.05) is 19.8 Å². The van der Waals surface area contributed by atoms with Crippen molar-refractivity contribution in [3.8, 4) is 0 Å². The number of hydrogen-bond donors (Lipinski definition) is 2. The molecular weight excluding hydrogens is 284 g/mol. The minimum atomic E-state index is -3.88. The van der Waals surface area contributed by atoms with E-state index >= 15 is 0 Å². The Balaban J connectivity index is 2.49. The van der Waals surface area contributed by atoms with Gasteiger partial charge in [-0.2, -0.15) is 0 Å². The number of nitrogens with one attached hydrogen (secondary N) is 1. The normalized spacial score (nSPS) is 11.6. The molecule has 1 aromatic heterocycles. The SMILES string of the molecule is CCCCOCCNC(=O)c1cc(S(N)(=O)=O)c(C)o1. The Kier molecular flexibility index (Phi) is 6.18. The average Bonchev–Trinajstić information content (AvgIpc) is 2.75. The van der Waals surface area contributed by atoms with Crippen molar-refractivity contribution in [3.05, 3.63) is 17.6 Å². The van der Waals surface area contributed by atoms with Gasteiger partial charge in [0.2, 0.25) is 10.0 Å². The fourth-order valence-electron chi connectivity index (χ4n) is 1.53. The van der Waals surface area contributed by atoms with Gasteiger partial charge < -0.3 is 14.5 Å². The van der Waals surface area contributed by atoms with Crippen LogP contribution in [-0.4, -0.2) is 34.1 Å². The number of unbranched alkanes of at least 4 members (excludes halogenated alkanes) is 1. The Labute approximate surface area is 118 Å². The first-order chi connectivity index (χ1) is 9.36. The third-order valence-electron chi connectivity index (χ3n) is 2.58. The zero-order chi connectivity index (χ0) is 15.2. The molecule has 0 saturated heterocycles. The van der Waals surface area contributed by atoms with Crippen molar-refractivity contribution in [3.63, 3.8) is 0 Å². The highest BCUT2D eigenvalue weighted by molar-refractivity contribution is 7.89. The number of carbonyl (C=O) groups excluding carboxylic acids is 1. The van der Waals surface area contributed by atoms with E-state index < -0.39 is 15.9 Å². The molecular formula is C12H20N2O5S. The predicted molar refractivity (Wildman–Crippen MR) is 72.9 cm³/mol. The van der Waals surface area contributed by atoms with E-state index in [1.807, 2.05) is 0 Å². The fraction of sp³-hybridized carbons (Fsp3) is 0.583. The van der Waals surface area contributed by atoms with Gasteiger partial charge in [0.1, 0.15) is 10.7 Å². The number of rotatable bonds is 8. The van der Waals surface area contributed by atoms with E-state index in [1.165, 1.54) is 6.92 Å². The van der Waals surface area contributed by atoms with Gasteiger partial charge in [-0.05, 0) is 13.3 Å². The summed E-state index contributed by atoms with van der Waals surface area (Å²) >= 11 is 0. The maximum Gasteiger partial charge on any atom is 0.287 e. The van der Waals surface area contributed by atoms with Gasteiger partial charge in [0.05, 0.1) is 6.61 Å². The Morgan fingerprint density at radius 2 is 2.15 bits per heavy atom. The van der Waals surface area contributed by atoms with Crippen LogP contribution in [-0.2, 0) is 14.8 Å². The molecule has 0 aliphatic heterocycles. The van der Waals surface area contributed by atoms with Crippen LogP contribution in [0.25, 0.3) is 0 Å². The summed E-state index contributed by atoms with van der Waals surface area (Å²) in [6.07, 6.45) is 2.03. The van der Waals surface area contributed by atoms with E-state index in [-0.39, 0.29) is 16.4 Å². The molecule has 0 saturated carbocycles. The number of carbonyl (C=O) groups is 1. The quantitative estimate of drug-likeness (QED) is 0.689. The summed E-state index contributed by atoms with van der Waals surface area (Å²) in [5.74, 6) is -0.487. The Hall–Kier alpha value is -1.38. The summed E-state index contributed by atoms with van der Waals surface area (Å²) in [5.41, 5.74) is 0. The molecule has 1 heterocycles. The number of aryl methyl sites for hydroxylation is 1. The van der Waals surface area contributed by atoms with Crippen molar-refractivity contribution in [1.82, 2.24) is 5.32 Å². The second kappa shape index (κ2) is 7.41. The standard InChI is InChI=1S/C12H20N2O5S/c1-3-4-6-18-7-5-14-12(15)10-8-11(9(2)19-10)20(13,16)17/h8H,3-7H2,1-2H3,(H,14,15)(H2,13,16,17). The predicted octanol–water partition coefficient (Wildman–Crippen LogP) is 0.782. The highest BCUT2D eigenvalue weighted by atomic mass is 32.2. The van der Waals surface area contributed by atoms with Gasteiger partial charge >= 0.3 is 0 Å². The van der Waals surface area contributed by atoms with Crippen molar-refractivity contribution in [2.24, 2.45) is 5.14 Å². The second-order valence-electron chi connectivity index (χ2n) is 4.30. The topological polar surface area (TPSA) is 112 Å². The van der Waals surface area contributed by atoms with E-state index in [4.69, 9.17) is 14.3 Å². The van der Waals surface area contributed by atoms with E-state index in [0.717, 1.165) is 18.9 Å². The van der Waals surface area contributed by atoms with Crippen LogP contribution in [0, 0.1) is 6.92 Å². The van der Waals surface area contributed by atoms with Gasteiger partial charge in [-0.15, -0.1) is 0 Å². The molecule has 3 N–H and O–H groups in total. The summed E-state index contributed by atoms with van der Waals surface area (Å²) in [5, 5.41) is 7.57.